The number of nitrogens with two attached hydrogens (primary N) is 1. The highest BCUT2D eigenvalue weighted by Gasteiger charge is 2.30. The molecule has 0 aliphatic rings. The van der Waals surface area contributed by atoms with Crippen LogP contribution >= 0.6 is 0 Å². The van der Waals surface area contributed by atoms with E-state index in [1.165, 1.54) is 10.8 Å². The Bertz CT molecular complexity index is 650. The molecular weight excluding hydrogens is 258 g/mol. The largest absolute Gasteiger partial charge is 0.290 e. The number of nitrogens with one attached hydrogen (secondary N) is 1. The minimum atomic E-state index is -3.96. The van der Waals surface area contributed by atoms with Gasteiger partial charge in [0.2, 0.25) is 0 Å². The fraction of sp³-hybridized carbons (Fsp3) is 0.500. The van der Waals surface area contributed by atoms with Crippen molar-refractivity contribution in [2.24, 2.45) is 5.14 Å². The Morgan fingerprint density at radius 1 is 1.33 bits per heavy atom. The number of hydrogen-bond donors (Lipinski definition) is 2. The quantitative estimate of drug-likeness (QED) is 0.754. The number of nitrogens with zero attached hydrogens (tertiary/aromatic N) is 5. The minimum absolute atomic E-state index is 0.292. The van der Waals surface area contributed by atoms with Gasteiger partial charge in [0.25, 0.3) is 15.2 Å². The van der Waals surface area contributed by atoms with Crippen molar-refractivity contribution in [1.82, 2.24) is 30.2 Å². The predicted molar refractivity (Wildman–Crippen MR) is 61.8 cm³/mol. The number of primary sulfonamides is 1. The summed E-state index contributed by atoms with van der Waals surface area (Å²) in [7, 11) is -3.96. The number of rotatable bonds is 2. The SMILES string of the molecule is CC(C)(C)n1c(-c2cn[nH]n2)nnc1S(N)(=O)=O. The summed E-state index contributed by atoms with van der Waals surface area (Å²) in [5.41, 5.74) is -0.174. The number of aromatic amines is 1. The van der Waals surface area contributed by atoms with Crippen LogP contribution in [0.4, 0.5) is 0 Å². The van der Waals surface area contributed by atoms with E-state index in [9.17, 15) is 8.42 Å². The van der Waals surface area contributed by atoms with Gasteiger partial charge < -0.3 is 0 Å². The molecule has 0 saturated heterocycles. The summed E-state index contributed by atoms with van der Waals surface area (Å²) >= 11 is 0. The summed E-state index contributed by atoms with van der Waals surface area (Å²) < 4.78 is 24.4. The molecule has 0 aromatic carbocycles. The van der Waals surface area contributed by atoms with Crippen LogP contribution in [0.2, 0.25) is 0 Å². The summed E-state index contributed by atoms with van der Waals surface area (Å²) in [6.07, 6.45) is 1.43. The smallest absolute Gasteiger partial charge is 0.273 e. The highest BCUT2D eigenvalue weighted by Crippen LogP contribution is 2.25. The van der Waals surface area contributed by atoms with E-state index >= 15 is 0 Å². The van der Waals surface area contributed by atoms with Gasteiger partial charge in [-0.25, -0.2) is 13.6 Å². The second kappa shape index (κ2) is 3.85. The second-order valence-electron chi connectivity index (χ2n) is 4.71. The Balaban J connectivity index is 2.75. The van der Waals surface area contributed by atoms with Crippen LogP contribution in [0.15, 0.2) is 11.4 Å². The zero-order valence-electron chi connectivity index (χ0n) is 10.1. The van der Waals surface area contributed by atoms with Crippen molar-refractivity contribution in [3.05, 3.63) is 6.20 Å². The number of hydrogen-bond acceptors (Lipinski definition) is 6. The minimum Gasteiger partial charge on any atom is -0.290 e. The molecule has 0 unspecified atom stereocenters. The summed E-state index contributed by atoms with van der Waals surface area (Å²) in [5.74, 6) is 0.292. The van der Waals surface area contributed by atoms with Crippen LogP contribution in [0, 0.1) is 0 Å². The fourth-order valence-electron chi connectivity index (χ4n) is 1.53. The number of H-pyrrole nitrogens is 1. The summed E-state index contributed by atoms with van der Waals surface area (Å²) in [5, 5.41) is 22.2. The first-order valence-electron chi connectivity index (χ1n) is 5.06. The molecule has 98 valence electrons. The van der Waals surface area contributed by atoms with Gasteiger partial charge in [-0.1, -0.05) is 0 Å². The maximum Gasteiger partial charge on any atom is 0.273 e. The van der Waals surface area contributed by atoms with E-state index in [1.54, 1.807) is 0 Å². The molecule has 2 rings (SSSR count). The average molecular weight is 271 g/mol. The van der Waals surface area contributed by atoms with Gasteiger partial charge in [-0.2, -0.15) is 15.4 Å². The van der Waals surface area contributed by atoms with Gasteiger partial charge in [0.15, 0.2) is 5.82 Å². The third kappa shape index (κ3) is 2.11. The lowest BCUT2D eigenvalue weighted by Gasteiger charge is -2.23. The molecule has 0 aliphatic carbocycles. The normalized spacial score (nSPS) is 12.9. The molecule has 2 aromatic heterocycles. The summed E-state index contributed by atoms with van der Waals surface area (Å²) in [6.45, 7) is 5.44. The van der Waals surface area contributed by atoms with Gasteiger partial charge in [-0.15, -0.1) is 10.2 Å². The molecule has 18 heavy (non-hydrogen) atoms. The van der Waals surface area contributed by atoms with Gasteiger partial charge in [0.1, 0.15) is 5.69 Å². The van der Waals surface area contributed by atoms with E-state index in [4.69, 9.17) is 5.14 Å². The van der Waals surface area contributed by atoms with E-state index < -0.39 is 15.6 Å². The Morgan fingerprint density at radius 2 is 2.00 bits per heavy atom. The van der Waals surface area contributed by atoms with Crippen LogP contribution in [-0.4, -0.2) is 38.6 Å². The zero-order chi connectivity index (χ0) is 13.6. The van der Waals surface area contributed by atoms with Crippen LogP contribution in [0.3, 0.4) is 0 Å². The van der Waals surface area contributed by atoms with Gasteiger partial charge >= 0.3 is 0 Å². The van der Waals surface area contributed by atoms with Crippen molar-refractivity contribution in [3.8, 4) is 11.5 Å². The van der Waals surface area contributed by atoms with E-state index in [0.29, 0.717) is 11.5 Å². The molecule has 2 aromatic rings. The Morgan fingerprint density at radius 3 is 2.44 bits per heavy atom. The van der Waals surface area contributed by atoms with E-state index in [2.05, 4.69) is 25.6 Å². The highest BCUT2D eigenvalue weighted by molar-refractivity contribution is 7.89. The average Bonchev–Trinajstić information content (AvgIpc) is 2.83. The second-order valence-corrected chi connectivity index (χ2v) is 6.17. The molecule has 0 radical (unpaired) electrons. The summed E-state index contributed by atoms with van der Waals surface area (Å²) in [4.78, 5) is 0. The molecule has 0 spiro atoms. The molecule has 2 heterocycles. The molecule has 0 aliphatic heterocycles. The number of aromatic nitrogens is 6. The fourth-order valence-corrected chi connectivity index (χ4v) is 2.30. The molecule has 10 heteroatoms. The standard InChI is InChI=1S/C8H13N7O2S/c1-8(2,3)15-6(5-4-10-14-11-5)12-13-7(15)18(9,16)17/h4H,1-3H3,(H2,9,16,17)(H,10,11,14). The van der Waals surface area contributed by atoms with Crippen LogP contribution in [-0.2, 0) is 15.6 Å². The topological polar surface area (TPSA) is 132 Å². The van der Waals surface area contributed by atoms with Crippen LogP contribution in [0.5, 0.6) is 0 Å². The molecule has 0 atom stereocenters. The first-order valence-corrected chi connectivity index (χ1v) is 6.61. The molecule has 3 N–H and O–H groups in total. The first kappa shape index (κ1) is 12.6. The monoisotopic (exact) mass is 271 g/mol. The van der Waals surface area contributed by atoms with Crippen molar-refractivity contribution in [3.63, 3.8) is 0 Å². The Kier molecular flexibility index (Phi) is 2.70. The van der Waals surface area contributed by atoms with Gasteiger partial charge in [-0.05, 0) is 20.8 Å². The Hall–Kier alpha value is -1.81. The van der Waals surface area contributed by atoms with Crippen molar-refractivity contribution in [2.45, 2.75) is 31.5 Å². The lowest BCUT2D eigenvalue weighted by atomic mass is 10.1. The van der Waals surface area contributed by atoms with Crippen LogP contribution in [0.25, 0.3) is 11.5 Å². The van der Waals surface area contributed by atoms with Crippen LogP contribution in [0.1, 0.15) is 20.8 Å². The molecule has 0 fully saturated rings. The maximum atomic E-state index is 11.5. The third-order valence-electron chi connectivity index (χ3n) is 2.20. The van der Waals surface area contributed by atoms with E-state index in [1.807, 2.05) is 20.8 Å². The van der Waals surface area contributed by atoms with Gasteiger partial charge in [0.05, 0.1) is 6.20 Å². The van der Waals surface area contributed by atoms with Gasteiger partial charge in [0, 0.05) is 5.54 Å². The van der Waals surface area contributed by atoms with Crippen LogP contribution < -0.4 is 5.14 Å². The van der Waals surface area contributed by atoms with Crippen molar-refractivity contribution < 1.29 is 8.42 Å². The molecular formula is C8H13N7O2S. The van der Waals surface area contributed by atoms with Gasteiger partial charge in [-0.3, -0.25) is 4.57 Å². The van der Waals surface area contributed by atoms with Crippen molar-refractivity contribution in [2.75, 3.05) is 0 Å². The lowest BCUT2D eigenvalue weighted by Crippen LogP contribution is -2.29. The predicted octanol–water partition coefficient (Wildman–Crippen LogP) is -0.534. The maximum absolute atomic E-state index is 11.5. The molecule has 9 nitrogen and oxygen atoms in total. The zero-order valence-corrected chi connectivity index (χ0v) is 10.9. The highest BCUT2D eigenvalue weighted by atomic mass is 32.2. The van der Waals surface area contributed by atoms with E-state index in [-0.39, 0.29) is 5.16 Å². The molecule has 0 saturated carbocycles. The lowest BCUT2D eigenvalue weighted by molar-refractivity contribution is 0.365. The van der Waals surface area contributed by atoms with E-state index in [0.717, 1.165) is 0 Å². The summed E-state index contributed by atoms with van der Waals surface area (Å²) in [6, 6.07) is 0. The van der Waals surface area contributed by atoms with Crippen molar-refractivity contribution >= 4 is 10.0 Å². The number of sulfonamides is 1. The molecule has 0 amide bonds. The molecule has 0 bridgehead atoms. The van der Waals surface area contributed by atoms with Crippen molar-refractivity contribution in [1.29, 1.82) is 0 Å². The first-order chi connectivity index (χ1) is 8.21. The Labute approximate surface area is 103 Å². The third-order valence-corrected chi connectivity index (χ3v) is 2.98.